The summed E-state index contributed by atoms with van der Waals surface area (Å²) in [5.74, 6) is -0.837. The van der Waals surface area contributed by atoms with E-state index in [1.165, 1.54) is 18.2 Å². The summed E-state index contributed by atoms with van der Waals surface area (Å²) in [6.07, 6.45) is 2.06. The van der Waals surface area contributed by atoms with Gasteiger partial charge in [0.05, 0.1) is 5.56 Å². The summed E-state index contributed by atoms with van der Waals surface area (Å²) in [7, 11) is 0. The highest BCUT2D eigenvalue weighted by molar-refractivity contribution is 5.86. The summed E-state index contributed by atoms with van der Waals surface area (Å²) < 4.78 is 19.4. The maximum absolute atomic E-state index is 13.8. The van der Waals surface area contributed by atoms with Gasteiger partial charge in [-0.25, -0.2) is 9.18 Å². The zero-order valence-electron chi connectivity index (χ0n) is 10.8. The van der Waals surface area contributed by atoms with Crippen LogP contribution < -0.4 is 4.74 Å². The van der Waals surface area contributed by atoms with Gasteiger partial charge in [-0.2, -0.15) is 0 Å². The molecule has 102 valence electrons. The lowest BCUT2D eigenvalue weighted by molar-refractivity contribution is -0.131. The maximum Gasteiger partial charge on any atom is 0.328 e. The Balaban J connectivity index is 2.36. The Morgan fingerprint density at radius 1 is 1.25 bits per heavy atom. The van der Waals surface area contributed by atoms with E-state index in [0.29, 0.717) is 5.75 Å². The van der Waals surface area contributed by atoms with Crippen LogP contribution in [-0.4, -0.2) is 11.1 Å². The number of hydrogen-bond acceptors (Lipinski definition) is 2. The van der Waals surface area contributed by atoms with E-state index in [9.17, 15) is 9.18 Å². The van der Waals surface area contributed by atoms with Gasteiger partial charge in [-0.3, -0.25) is 0 Å². The van der Waals surface area contributed by atoms with Gasteiger partial charge in [0.2, 0.25) is 0 Å². The van der Waals surface area contributed by atoms with Crippen molar-refractivity contribution in [1.82, 2.24) is 0 Å². The molecule has 2 aromatic carbocycles. The Labute approximate surface area is 115 Å². The largest absolute Gasteiger partial charge is 0.478 e. The fourth-order valence-corrected chi connectivity index (χ4v) is 1.73. The van der Waals surface area contributed by atoms with E-state index in [-0.39, 0.29) is 11.3 Å². The van der Waals surface area contributed by atoms with Crippen LogP contribution in [-0.2, 0) is 4.79 Å². The number of aryl methyl sites for hydroxylation is 1. The fraction of sp³-hybridized carbons (Fsp3) is 0.0625. The molecule has 0 saturated carbocycles. The minimum Gasteiger partial charge on any atom is -0.478 e. The Hall–Kier alpha value is -2.62. The van der Waals surface area contributed by atoms with Crippen LogP contribution in [0.1, 0.15) is 11.1 Å². The van der Waals surface area contributed by atoms with Crippen molar-refractivity contribution in [2.45, 2.75) is 6.92 Å². The van der Waals surface area contributed by atoms with E-state index >= 15 is 0 Å². The van der Waals surface area contributed by atoms with Crippen molar-refractivity contribution in [3.05, 3.63) is 65.5 Å². The number of carbonyl (C=O) groups is 1. The molecule has 0 aromatic heterocycles. The number of carboxylic acid groups (broad SMARTS) is 1. The van der Waals surface area contributed by atoms with Crippen LogP contribution in [0.25, 0.3) is 6.08 Å². The van der Waals surface area contributed by atoms with Crippen LogP contribution in [0.4, 0.5) is 4.39 Å². The molecule has 0 radical (unpaired) electrons. The van der Waals surface area contributed by atoms with Gasteiger partial charge in [-0.15, -0.1) is 0 Å². The van der Waals surface area contributed by atoms with Crippen molar-refractivity contribution in [2.75, 3.05) is 0 Å². The lowest BCUT2D eigenvalue weighted by Crippen LogP contribution is -1.93. The first-order chi connectivity index (χ1) is 9.56. The number of aliphatic carboxylic acids is 1. The lowest BCUT2D eigenvalue weighted by atomic mass is 10.1. The normalized spacial score (nSPS) is 10.7. The molecule has 0 unspecified atom stereocenters. The monoisotopic (exact) mass is 272 g/mol. The predicted molar refractivity (Wildman–Crippen MR) is 74.3 cm³/mol. The number of benzene rings is 2. The highest BCUT2D eigenvalue weighted by Gasteiger charge is 2.08. The molecule has 0 spiro atoms. The first-order valence-electron chi connectivity index (χ1n) is 6.00. The quantitative estimate of drug-likeness (QED) is 0.855. The third-order valence-corrected chi connectivity index (χ3v) is 2.62. The van der Waals surface area contributed by atoms with Crippen molar-refractivity contribution < 1.29 is 19.0 Å². The Bertz CT molecular complexity index is 663. The zero-order valence-corrected chi connectivity index (χ0v) is 10.8. The minimum atomic E-state index is -1.14. The summed E-state index contributed by atoms with van der Waals surface area (Å²) in [5.41, 5.74) is 1.12. The molecule has 2 rings (SSSR count). The van der Waals surface area contributed by atoms with Crippen molar-refractivity contribution >= 4 is 12.0 Å². The number of rotatable bonds is 4. The molecular weight excluding hydrogens is 259 g/mol. The Morgan fingerprint density at radius 2 is 2.00 bits per heavy atom. The summed E-state index contributed by atoms with van der Waals surface area (Å²) >= 11 is 0. The molecule has 0 heterocycles. The van der Waals surface area contributed by atoms with Crippen LogP contribution >= 0.6 is 0 Å². The second-order valence-corrected chi connectivity index (χ2v) is 4.24. The third-order valence-electron chi connectivity index (χ3n) is 2.62. The average Bonchev–Trinajstić information content (AvgIpc) is 2.38. The van der Waals surface area contributed by atoms with E-state index in [4.69, 9.17) is 9.84 Å². The maximum atomic E-state index is 13.8. The topological polar surface area (TPSA) is 46.5 Å². The molecule has 0 saturated heterocycles. The standard InChI is InChI=1S/C16H13FO3/c1-11-4-2-5-12(10-11)20-15-7-3-6-14(17)13(15)8-9-16(18)19/h2-10H,1H3,(H,18,19)/b9-8+. The third kappa shape index (κ3) is 3.45. The van der Waals surface area contributed by atoms with Gasteiger partial charge in [0.1, 0.15) is 17.3 Å². The zero-order chi connectivity index (χ0) is 14.5. The van der Waals surface area contributed by atoms with E-state index in [0.717, 1.165) is 11.6 Å². The second kappa shape index (κ2) is 6.02. The summed E-state index contributed by atoms with van der Waals surface area (Å²) in [4.78, 5) is 10.5. The molecule has 4 heteroatoms. The average molecular weight is 272 g/mol. The minimum absolute atomic E-state index is 0.108. The van der Waals surface area contributed by atoms with Crippen LogP contribution in [0.15, 0.2) is 48.5 Å². The lowest BCUT2D eigenvalue weighted by Gasteiger charge is -2.10. The highest BCUT2D eigenvalue weighted by Crippen LogP contribution is 2.28. The summed E-state index contributed by atoms with van der Waals surface area (Å²) in [6, 6.07) is 11.7. The fourth-order valence-electron chi connectivity index (χ4n) is 1.73. The molecule has 0 amide bonds. The molecule has 0 fully saturated rings. The molecule has 0 aliphatic carbocycles. The first-order valence-corrected chi connectivity index (χ1v) is 6.00. The van der Waals surface area contributed by atoms with Gasteiger partial charge in [0.25, 0.3) is 0 Å². The van der Waals surface area contributed by atoms with E-state index in [1.54, 1.807) is 12.1 Å². The summed E-state index contributed by atoms with van der Waals surface area (Å²) in [5, 5.41) is 8.63. The number of halogens is 1. The number of carboxylic acids is 1. The van der Waals surface area contributed by atoms with Crippen molar-refractivity contribution in [3.8, 4) is 11.5 Å². The second-order valence-electron chi connectivity index (χ2n) is 4.24. The van der Waals surface area contributed by atoms with Crippen LogP contribution in [0.5, 0.6) is 11.5 Å². The molecule has 0 aliphatic heterocycles. The smallest absolute Gasteiger partial charge is 0.328 e. The summed E-state index contributed by atoms with van der Waals surface area (Å²) in [6.45, 7) is 1.92. The van der Waals surface area contributed by atoms with Crippen LogP contribution in [0, 0.1) is 12.7 Å². The Kier molecular flexibility index (Phi) is 4.15. The van der Waals surface area contributed by atoms with E-state index < -0.39 is 11.8 Å². The van der Waals surface area contributed by atoms with Crippen LogP contribution in [0.3, 0.4) is 0 Å². The molecule has 1 N–H and O–H groups in total. The molecule has 0 bridgehead atoms. The molecule has 0 aliphatic rings. The Morgan fingerprint density at radius 3 is 2.70 bits per heavy atom. The van der Waals surface area contributed by atoms with Gasteiger partial charge in [0, 0.05) is 6.08 Å². The van der Waals surface area contributed by atoms with Gasteiger partial charge in [0.15, 0.2) is 0 Å². The predicted octanol–water partition coefficient (Wildman–Crippen LogP) is 4.02. The molecular formula is C16H13FO3. The van der Waals surface area contributed by atoms with Gasteiger partial charge in [-0.05, 0) is 42.8 Å². The van der Waals surface area contributed by atoms with Crippen molar-refractivity contribution in [2.24, 2.45) is 0 Å². The number of ether oxygens (including phenoxy) is 1. The van der Waals surface area contributed by atoms with Gasteiger partial charge in [-0.1, -0.05) is 18.2 Å². The van der Waals surface area contributed by atoms with Crippen molar-refractivity contribution in [3.63, 3.8) is 0 Å². The van der Waals surface area contributed by atoms with Crippen molar-refractivity contribution in [1.29, 1.82) is 0 Å². The molecule has 20 heavy (non-hydrogen) atoms. The molecule has 2 aromatic rings. The van der Waals surface area contributed by atoms with Crippen LogP contribution in [0.2, 0.25) is 0 Å². The van der Waals surface area contributed by atoms with E-state index in [1.807, 2.05) is 25.1 Å². The number of hydrogen-bond donors (Lipinski definition) is 1. The van der Waals surface area contributed by atoms with Gasteiger partial charge >= 0.3 is 5.97 Å². The highest BCUT2D eigenvalue weighted by atomic mass is 19.1. The first kappa shape index (κ1) is 13.8. The molecule has 3 nitrogen and oxygen atoms in total. The molecule has 0 atom stereocenters. The van der Waals surface area contributed by atoms with Gasteiger partial charge < -0.3 is 9.84 Å². The SMILES string of the molecule is Cc1cccc(Oc2cccc(F)c2/C=C/C(=O)O)c1. The van der Waals surface area contributed by atoms with E-state index in [2.05, 4.69) is 0 Å².